The van der Waals surface area contributed by atoms with Gasteiger partial charge in [-0.3, -0.25) is 9.69 Å². The second kappa shape index (κ2) is 6.52. The maximum absolute atomic E-state index is 13.2. The van der Waals surface area contributed by atoms with Gasteiger partial charge in [0.25, 0.3) is 0 Å². The first-order chi connectivity index (χ1) is 9.45. The van der Waals surface area contributed by atoms with Crippen molar-refractivity contribution in [2.24, 2.45) is 0 Å². The Morgan fingerprint density at radius 3 is 2.90 bits per heavy atom. The summed E-state index contributed by atoms with van der Waals surface area (Å²) in [5, 5.41) is 10.4. The van der Waals surface area contributed by atoms with Gasteiger partial charge < -0.3 is 10.0 Å². The molecule has 0 spiro atoms. The second-order valence-electron chi connectivity index (χ2n) is 5.09. The van der Waals surface area contributed by atoms with E-state index in [0.29, 0.717) is 43.3 Å². The van der Waals surface area contributed by atoms with Gasteiger partial charge in [0.2, 0.25) is 5.91 Å². The van der Waals surface area contributed by atoms with E-state index in [2.05, 4.69) is 0 Å². The molecule has 1 aromatic rings. The Morgan fingerprint density at radius 1 is 1.45 bits per heavy atom. The van der Waals surface area contributed by atoms with Gasteiger partial charge in [0.15, 0.2) is 0 Å². The molecule has 1 aliphatic rings. The summed E-state index contributed by atoms with van der Waals surface area (Å²) in [6, 6.07) is 4.26. The maximum atomic E-state index is 13.2. The van der Waals surface area contributed by atoms with Crippen LogP contribution in [0.4, 0.5) is 4.39 Å². The SMILES string of the molecule is CC(=O)N1CCN(Cc2cc(F)ccc2Cl)C[C@H](O)C1. The summed E-state index contributed by atoms with van der Waals surface area (Å²) in [5.74, 6) is -0.375. The summed E-state index contributed by atoms with van der Waals surface area (Å²) in [6.45, 7) is 3.91. The number of rotatable bonds is 2. The Bertz CT molecular complexity index is 498. The lowest BCUT2D eigenvalue weighted by Gasteiger charge is -2.21. The van der Waals surface area contributed by atoms with E-state index in [1.54, 1.807) is 4.90 Å². The van der Waals surface area contributed by atoms with Gasteiger partial charge >= 0.3 is 0 Å². The van der Waals surface area contributed by atoms with Crippen LogP contribution in [-0.4, -0.2) is 53.1 Å². The number of carbonyl (C=O) groups is 1. The number of aliphatic hydroxyl groups excluding tert-OH is 1. The molecule has 1 N–H and O–H groups in total. The number of nitrogens with zero attached hydrogens (tertiary/aromatic N) is 2. The van der Waals surface area contributed by atoms with Crippen LogP contribution in [0.3, 0.4) is 0 Å². The van der Waals surface area contributed by atoms with Crippen molar-refractivity contribution in [3.05, 3.63) is 34.6 Å². The first kappa shape index (κ1) is 15.2. The van der Waals surface area contributed by atoms with Crippen molar-refractivity contribution in [1.29, 1.82) is 0 Å². The number of amides is 1. The van der Waals surface area contributed by atoms with E-state index in [1.165, 1.54) is 25.1 Å². The lowest BCUT2D eigenvalue weighted by molar-refractivity contribution is -0.129. The summed E-state index contributed by atoms with van der Waals surface area (Å²) >= 11 is 6.05. The molecule has 1 aromatic carbocycles. The van der Waals surface area contributed by atoms with Crippen LogP contribution >= 0.6 is 11.6 Å². The molecule has 6 heteroatoms. The number of β-amino-alcohol motifs (C(OH)–C–C–N with tert-alkyl or cyclic N) is 1. The van der Waals surface area contributed by atoms with Crippen LogP contribution in [0.5, 0.6) is 0 Å². The number of hydrogen-bond donors (Lipinski definition) is 1. The fraction of sp³-hybridized carbons (Fsp3) is 0.500. The summed E-state index contributed by atoms with van der Waals surface area (Å²) in [4.78, 5) is 15.0. The normalized spacial score (nSPS) is 20.8. The molecule has 0 unspecified atom stereocenters. The second-order valence-corrected chi connectivity index (χ2v) is 5.50. The minimum Gasteiger partial charge on any atom is -0.390 e. The van der Waals surface area contributed by atoms with Crippen molar-refractivity contribution in [3.63, 3.8) is 0 Å². The van der Waals surface area contributed by atoms with E-state index in [-0.39, 0.29) is 11.7 Å². The monoisotopic (exact) mass is 300 g/mol. The van der Waals surface area contributed by atoms with Gasteiger partial charge in [-0.25, -0.2) is 4.39 Å². The first-order valence-electron chi connectivity index (χ1n) is 6.55. The molecule has 110 valence electrons. The van der Waals surface area contributed by atoms with Crippen LogP contribution < -0.4 is 0 Å². The zero-order valence-corrected chi connectivity index (χ0v) is 12.1. The molecule has 2 rings (SSSR count). The van der Waals surface area contributed by atoms with Crippen molar-refractivity contribution in [2.45, 2.75) is 19.6 Å². The van der Waals surface area contributed by atoms with Crippen LogP contribution in [0.15, 0.2) is 18.2 Å². The van der Waals surface area contributed by atoms with Crippen LogP contribution in [-0.2, 0) is 11.3 Å². The average molecular weight is 301 g/mol. The highest BCUT2D eigenvalue weighted by molar-refractivity contribution is 6.31. The number of halogens is 2. The quantitative estimate of drug-likeness (QED) is 0.900. The molecule has 1 amide bonds. The van der Waals surface area contributed by atoms with E-state index in [4.69, 9.17) is 11.6 Å². The van der Waals surface area contributed by atoms with Gasteiger partial charge in [-0.15, -0.1) is 0 Å². The molecule has 1 saturated heterocycles. The van der Waals surface area contributed by atoms with E-state index in [9.17, 15) is 14.3 Å². The highest BCUT2D eigenvalue weighted by atomic mass is 35.5. The van der Waals surface area contributed by atoms with Gasteiger partial charge in [0.05, 0.1) is 6.10 Å². The molecule has 0 aliphatic carbocycles. The molecule has 20 heavy (non-hydrogen) atoms. The fourth-order valence-corrected chi connectivity index (χ4v) is 2.57. The third kappa shape index (κ3) is 3.91. The van der Waals surface area contributed by atoms with E-state index >= 15 is 0 Å². The largest absolute Gasteiger partial charge is 0.390 e. The van der Waals surface area contributed by atoms with Crippen LogP contribution in [0.25, 0.3) is 0 Å². The molecule has 0 radical (unpaired) electrons. The molecule has 0 aromatic heterocycles. The van der Waals surface area contributed by atoms with Crippen molar-refractivity contribution < 1.29 is 14.3 Å². The van der Waals surface area contributed by atoms with E-state index < -0.39 is 6.10 Å². The smallest absolute Gasteiger partial charge is 0.219 e. The van der Waals surface area contributed by atoms with E-state index in [1.807, 2.05) is 4.90 Å². The zero-order valence-electron chi connectivity index (χ0n) is 11.4. The molecule has 1 atom stereocenters. The molecular formula is C14H18ClFN2O2. The van der Waals surface area contributed by atoms with Crippen molar-refractivity contribution >= 4 is 17.5 Å². The number of carbonyl (C=O) groups excluding carboxylic acids is 1. The third-order valence-corrected chi connectivity index (χ3v) is 3.80. The van der Waals surface area contributed by atoms with Crippen LogP contribution in [0, 0.1) is 5.82 Å². The number of hydrogen-bond acceptors (Lipinski definition) is 3. The Balaban J connectivity index is 2.06. The molecule has 1 fully saturated rings. The van der Waals surface area contributed by atoms with E-state index in [0.717, 1.165) is 0 Å². The van der Waals surface area contributed by atoms with Crippen LogP contribution in [0.1, 0.15) is 12.5 Å². The van der Waals surface area contributed by atoms with Gasteiger partial charge in [-0.1, -0.05) is 11.6 Å². The van der Waals surface area contributed by atoms with Gasteiger partial charge in [0.1, 0.15) is 5.82 Å². The Hall–Kier alpha value is -1.17. The predicted octanol–water partition coefficient (Wildman–Crippen LogP) is 1.50. The number of aliphatic hydroxyl groups is 1. The minimum atomic E-state index is -0.603. The molecule has 1 heterocycles. The summed E-state index contributed by atoms with van der Waals surface area (Å²) in [7, 11) is 0. The summed E-state index contributed by atoms with van der Waals surface area (Å²) < 4.78 is 13.2. The number of benzene rings is 1. The molecule has 0 saturated carbocycles. The zero-order chi connectivity index (χ0) is 14.7. The minimum absolute atomic E-state index is 0.0466. The van der Waals surface area contributed by atoms with Crippen molar-refractivity contribution in [3.8, 4) is 0 Å². The molecule has 1 aliphatic heterocycles. The maximum Gasteiger partial charge on any atom is 0.219 e. The Kier molecular flexibility index (Phi) is 4.96. The Labute approximate surface area is 122 Å². The highest BCUT2D eigenvalue weighted by Gasteiger charge is 2.23. The molecule has 0 bridgehead atoms. The third-order valence-electron chi connectivity index (χ3n) is 3.43. The lowest BCUT2D eigenvalue weighted by Crippen LogP contribution is -2.36. The van der Waals surface area contributed by atoms with Crippen molar-refractivity contribution in [2.75, 3.05) is 26.2 Å². The molecular weight excluding hydrogens is 283 g/mol. The van der Waals surface area contributed by atoms with Gasteiger partial charge in [-0.2, -0.15) is 0 Å². The topological polar surface area (TPSA) is 43.8 Å². The standard InChI is InChI=1S/C14H18ClFN2O2/c1-10(19)18-5-4-17(8-13(20)9-18)7-11-6-12(16)2-3-14(11)15/h2-3,6,13,20H,4-5,7-9H2,1H3/t13-/m0/s1. The molecule has 4 nitrogen and oxygen atoms in total. The van der Waals surface area contributed by atoms with Crippen LogP contribution in [0.2, 0.25) is 5.02 Å². The first-order valence-corrected chi connectivity index (χ1v) is 6.93. The predicted molar refractivity (Wildman–Crippen MR) is 74.9 cm³/mol. The van der Waals surface area contributed by atoms with Gasteiger partial charge in [-0.05, 0) is 23.8 Å². The lowest BCUT2D eigenvalue weighted by atomic mass is 10.2. The average Bonchev–Trinajstić information content (AvgIpc) is 2.55. The highest BCUT2D eigenvalue weighted by Crippen LogP contribution is 2.19. The van der Waals surface area contributed by atoms with Crippen molar-refractivity contribution in [1.82, 2.24) is 9.80 Å². The Morgan fingerprint density at radius 2 is 2.20 bits per heavy atom. The summed E-state index contributed by atoms with van der Waals surface area (Å²) in [5.41, 5.74) is 0.690. The summed E-state index contributed by atoms with van der Waals surface area (Å²) in [6.07, 6.45) is -0.603. The van der Waals surface area contributed by atoms with Gasteiger partial charge in [0, 0.05) is 44.7 Å². The fourth-order valence-electron chi connectivity index (χ4n) is 2.39.